The smallest absolute Gasteiger partial charge is 0.0619 e. The molecule has 0 radical (unpaired) electrons. The van der Waals surface area contributed by atoms with Crippen molar-refractivity contribution in [3.05, 3.63) is 253 Å². The standard InChI is InChI=1S/C63H38/c1-2-16-42-35-45(34-29-39(42)15-1)61-52-25-9-7-23-50(52)60(51-24-8-10-26-53(51)61)41-32-30-40(31-33-41)54-38-59-62(49-22-6-5-19-46(49)54)55-36-43-17-3-4-18-44(43)37-58(55)63(59)56-27-13-11-20-47(56)48-21-12-14-28-57(48)63/h1-38H. The van der Waals surface area contributed by atoms with E-state index >= 15 is 0 Å². The Morgan fingerprint density at radius 1 is 0.206 bits per heavy atom. The van der Waals surface area contributed by atoms with Gasteiger partial charge in [-0.2, -0.15) is 0 Å². The lowest BCUT2D eigenvalue weighted by Gasteiger charge is -2.31. The molecule has 2 aliphatic rings. The summed E-state index contributed by atoms with van der Waals surface area (Å²) < 4.78 is 0. The molecule has 0 fully saturated rings. The summed E-state index contributed by atoms with van der Waals surface area (Å²) in [5.41, 5.74) is 17.8. The summed E-state index contributed by atoms with van der Waals surface area (Å²) >= 11 is 0. The van der Waals surface area contributed by atoms with Crippen LogP contribution in [-0.4, -0.2) is 0 Å². The van der Waals surface area contributed by atoms with Gasteiger partial charge in [-0.25, -0.2) is 0 Å². The highest BCUT2D eigenvalue weighted by Crippen LogP contribution is 2.65. The molecule has 0 heterocycles. The summed E-state index contributed by atoms with van der Waals surface area (Å²) in [5, 5.41) is 12.7. The van der Waals surface area contributed by atoms with Gasteiger partial charge in [0.1, 0.15) is 0 Å². The summed E-state index contributed by atoms with van der Waals surface area (Å²) in [5.74, 6) is 0. The van der Waals surface area contributed by atoms with E-state index in [0.29, 0.717) is 0 Å². The zero-order chi connectivity index (χ0) is 41.2. The number of rotatable bonds is 3. The maximum atomic E-state index is 2.55. The highest BCUT2D eigenvalue weighted by Gasteiger charge is 2.52. The fourth-order valence-electron chi connectivity index (χ4n) is 11.8. The average molecular weight is 795 g/mol. The molecule has 290 valence electrons. The Labute approximate surface area is 366 Å². The lowest BCUT2D eigenvalue weighted by Crippen LogP contribution is -2.26. The van der Waals surface area contributed by atoms with Gasteiger partial charge in [0.2, 0.25) is 0 Å². The van der Waals surface area contributed by atoms with Gasteiger partial charge in [0.15, 0.2) is 0 Å². The van der Waals surface area contributed by atoms with Crippen molar-refractivity contribution < 1.29 is 0 Å². The van der Waals surface area contributed by atoms with E-state index in [9.17, 15) is 0 Å². The van der Waals surface area contributed by atoms with Crippen molar-refractivity contribution in [1.29, 1.82) is 0 Å². The Kier molecular flexibility index (Phi) is 7.13. The van der Waals surface area contributed by atoms with Crippen LogP contribution in [0, 0.1) is 0 Å². The molecule has 0 bridgehead atoms. The minimum absolute atomic E-state index is 0.453. The monoisotopic (exact) mass is 794 g/mol. The van der Waals surface area contributed by atoms with Crippen LogP contribution in [0.4, 0.5) is 0 Å². The molecule has 0 atom stereocenters. The maximum Gasteiger partial charge on any atom is 0.0726 e. The van der Waals surface area contributed by atoms with Crippen molar-refractivity contribution in [2.75, 3.05) is 0 Å². The van der Waals surface area contributed by atoms with Crippen LogP contribution >= 0.6 is 0 Å². The van der Waals surface area contributed by atoms with E-state index < -0.39 is 5.41 Å². The van der Waals surface area contributed by atoms with Crippen LogP contribution in [0.5, 0.6) is 0 Å². The van der Waals surface area contributed by atoms with E-state index in [1.54, 1.807) is 0 Å². The molecule has 12 aromatic rings. The Balaban J connectivity index is 1.00. The Morgan fingerprint density at radius 2 is 0.635 bits per heavy atom. The molecule has 0 unspecified atom stereocenters. The average Bonchev–Trinajstić information content (AvgIpc) is 3.81. The second kappa shape index (κ2) is 13.0. The Morgan fingerprint density at radius 3 is 1.24 bits per heavy atom. The first-order chi connectivity index (χ1) is 31.3. The van der Waals surface area contributed by atoms with Gasteiger partial charge in [0, 0.05) is 0 Å². The van der Waals surface area contributed by atoms with Gasteiger partial charge in [-0.05, 0) is 156 Å². The highest BCUT2D eigenvalue weighted by molar-refractivity contribution is 6.22. The quantitative estimate of drug-likeness (QED) is 0.156. The summed E-state index contributed by atoms with van der Waals surface area (Å²) in [6.07, 6.45) is 0. The molecule has 0 N–H and O–H groups in total. The first kappa shape index (κ1) is 34.6. The lowest BCUT2D eigenvalue weighted by atomic mass is 9.69. The normalized spacial score (nSPS) is 13.2. The molecule has 0 nitrogen and oxygen atoms in total. The molecule has 0 saturated carbocycles. The van der Waals surface area contributed by atoms with Gasteiger partial charge < -0.3 is 0 Å². The van der Waals surface area contributed by atoms with Crippen molar-refractivity contribution in [1.82, 2.24) is 0 Å². The second-order valence-corrected chi connectivity index (χ2v) is 17.5. The molecule has 63 heavy (non-hydrogen) atoms. The van der Waals surface area contributed by atoms with Gasteiger partial charge in [0.25, 0.3) is 0 Å². The predicted molar refractivity (Wildman–Crippen MR) is 267 cm³/mol. The van der Waals surface area contributed by atoms with Crippen molar-refractivity contribution in [2.24, 2.45) is 0 Å². The van der Waals surface area contributed by atoms with E-state index in [4.69, 9.17) is 0 Å². The van der Waals surface area contributed by atoms with Crippen molar-refractivity contribution in [2.45, 2.75) is 5.41 Å². The fourth-order valence-corrected chi connectivity index (χ4v) is 11.8. The van der Waals surface area contributed by atoms with Crippen LogP contribution < -0.4 is 0 Å². The lowest BCUT2D eigenvalue weighted by molar-refractivity contribution is 0.796. The van der Waals surface area contributed by atoms with Gasteiger partial charge in [-0.15, -0.1) is 0 Å². The molecule has 0 saturated heterocycles. The van der Waals surface area contributed by atoms with Crippen LogP contribution in [0.15, 0.2) is 231 Å². The molecule has 14 rings (SSSR count). The third-order valence-electron chi connectivity index (χ3n) is 14.4. The Bertz CT molecular complexity index is 3800. The van der Waals surface area contributed by atoms with Crippen LogP contribution in [0.1, 0.15) is 22.3 Å². The van der Waals surface area contributed by atoms with Crippen molar-refractivity contribution in [3.8, 4) is 55.6 Å². The van der Waals surface area contributed by atoms with Crippen LogP contribution in [0.3, 0.4) is 0 Å². The SMILES string of the molecule is c1ccc2c(c1)-c1ccccc1C21c2cc3ccccc3cc2-c2c1cc(-c1ccc(-c3c4ccccc4c(-c4ccc5ccccc5c4)c4ccccc34)cc1)c1ccccc21. The van der Waals surface area contributed by atoms with Gasteiger partial charge in [-0.3, -0.25) is 0 Å². The van der Waals surface area contributed by atoms with Crippen molar-refractivity contribution >= 4 is 53.9 Å². The van der Waals surface area contributed by atoms with Crippen LogP contribution in [-0.2, 0) is 5.41 Å². The van der Waals surface area contributed by atoms with E-state index in [1.165, 1.54) is 132 Å². The summed E-state index contributed by atoms with van der Waals surface area (Å²) in [6.45, 7) is 0. The van der Waals surface area contributed by atoms with Crippen LogP contribution in [0.25, 0.3) is 109 Å². The van der Waals surface area contributed by atoms with Crippen LogP contribution in [0.2, 0.25) is 0 Å². The first-order valence-corrected chi connectivity index (χ1v) is 22.1. The van der Waals surface area contributed by atoms with Gasteiger partial charge >= 0.3 is 0 Å². The molecule has 0 aliphatic heterocycles. The van der Waals surface area contributed by atoms with E-state index in [2.05, 4.69) is 231 Å². The largest absolute Gasteiger partial charge is 0.0726 e. The molecule has 0 aromatic heterocycles. The fraction of sp³-hybridized carbons (Fsp3) is 0.0159. The van der Waals surface area contributed by atoms with Gasteiger partial charge in [-0.1, -0.05) is 206 Å². The maximum absolute atomic E-state index is 2.55. The predicted octanol–water partition coefficient (Wildman–Crippen LogP) is 16.8. The van der Waals surface area contributed by atoms with Crippen molar-refractivity contribution in [3.63, 3.8) is 0 Å². The number of hydrogen-bond donors (Lipinski definition) is 0. The first-order valence-electron chi connectivity index (χ1n) is 22.1. The summed E-state index contributed by atoms with van der Waals surface area (Å²) in [6, 6.07) is 86.7. The molecular formula is C63H38. The van der Waals surface area contributed by atoms with E-state index in [0.717, 1.165) is 0 Å². The summed E-state index contributed by atoms with van der Waals surface area (Å²) in [4.78, 5) is 0. The second-order valence-electron chi connectivity index (χ2n) is 17.5. The highest BCUT2D eigenvalue weighted by atomic mass is 14.5. The van der Waals surface area contributed by atoms with Gasteiger partial charge in [0.05, 0.1) is 5.41 Å². The molecule has 0 heteroatoms. The molecule has 2 aliphatic carbocycles. The van der Waals surface area contributed by atoms with E-state index in [1.807, 2.05) is 0 Å². The number of benzene rings is 12. The third kappa shape index (κ3) is 4.70. The molecule has 12 aromatic carbocycles. The topological polar surface area (TPSA) is 0 Å². The minimum atomic E-state index is -0.453. The zero-order valence-corrected chi connectivity index (χ0v) is 34.4. The minimum Gasteiger partial charge on any atom is -0.0619 e. The zero-order valence-electron chi connectivity index (χ0n) is 34.4. The summed E-state index contributed by atoms with van der Waals surface area (Å²) in [7, 11) is 0. The Hall–Kier alpha value is -8.06. The van der Waals surface area contributed by atoms with E-state index in [-0.39, 0.29) is 0 Å². The number of fused-ring (bicyclic) bond motifs is 16. The molecule has 1 spiro atoms. The molecule has 0 amide bonds. The molecular weight excluding hydrogens is 757 g/mol. The number of hydrogen-bond acceptors (Lipinski definition) is 0. The third-order valence-corrected chi connectivity index (χ3v) is 14.4.